The number of carbonyl (C=O) groups is 2. The van der Waals surface area contributed by atoms with E-state index < -0.39 is 6.09 Å². The number of hydrogen-bond donors (Lipinski definition) is 2. The number of ether oxygens (including phenoxy) is 1. The van der Waals surface area contributed by atoms with Gasteiger partial charge < -0.3 is 15.4 Å². The van der Waals surface area contributed by atoms with Crippen molar-refractivity contribution in [2.75, 3.05) is 11.9 Å². The molecular weight excluding hydrogens is 302 g/mol. The molecule has 0 spiro atoms. The van der Waals surface area contributed by atoms with Crippen molar-refractivity contribution >= 4 is 28.5 Å². The van der Waals surface area contributed by atoms with Crippen molar-refractivity contribution in [2.24, 2.45) is 0 Å². The van der Waals surface area contributed by atoms with E-state index in [-0.39, 0.29) is 19.1 Å². The van der Waals surface area contributed by atoms with E-state index in [1.807, 2.05) is 42.6 Å². The topological polar surface area (TPSA) is 80.3 Å². The number of thiazole rings is 1. The third kappa shape index (κ3) is 5.17. The molecule has 2 N–H and O–H groups in total. The number of hydrogen-bond acceptors (Lipinski definition) is 5. The van der Waals surface area contributed by atoms with E-state index in [4.69, 9.17) is 4.74 Å². The summed E-state index contributed by atoms with van der Waals surface area (Å²) in [6.07, 6.45) is 0.184. The van der Waals surface area contributed by atoms with Gasteiger partial charge in [-0.1, -0.05) is 37.3 Å². The predicted octanol–water partition coefficient (Wildman–Crippen LogP) is 2.57. The van der Waals surface area contributed by atoms with E-state index in [0.717, 1.165) is 17.7 Å². The lowest BCUT2D eigenvalue weighted by atomic mass is 10.2. The molecule has 7 heteroatoms. The molecular formula is C15H17N3O3S. The van der Waals surface area contributed by atoms with Crippen LogP contribution in [0.25, 0.3) is 0 Å². The average Bonchev–Trinajstić information content (AvgIpc) is 2.99. The Labute approximate surface area is 132 Å². The first-order valence-electron chi connectivity index (χ1n) is 6.86. The molecule has 0 fully saturated rings. The zero-order valence-corrected chi connectivity index (χ0v) is 13.0. The maximum Gasteiger partial charge on any atom is 0.407 e. The number of benzene rings is 1. The number of rotatable bonds is 6. The molecule has 2 aromatic rings. The lowest BCUT2D eigenvalue weighted by molar-refractivity contribution is -0.115. The molecule has 6 nitrogen and oxygen atoms in total. The summed E-state index contributed by atoms with van der Waals surface area (Å²) in [5.41, 5.74) is 1.81. The van der Waals surface area contributed by atoms with Gasteiger partial charge in [0.2, 0.25) is 5.91 Å². The highest BCUT2D eigenvalue weighted by molar-refractivity contribution is 7.13. The summed E-state index contributed by atoms with van der Waals surface area (Å²) in [6, 6.07) is 9.32. The first-order chi connectivity index (χ1) is 10.7. The van der Waals surface area contributed by atoms with Gasteiger partial charge in [-0.3, -0.25) is 4.79 Å². The molecule has 0 bridgehead atoms. The summed E-state index contributed by atoms with van der Waals surface area (Å²) in [6.45, 7) is 2.00. The van der Waals surface area contributed by atoms with Crippen molar-refractivity contribution in [1.29, 1.82) is 0 Å². The second-order valence-electron chi connectivity index (χ2n) is 4.46. The molecule has 2 amide bonds. The van der Waals surface area contributed by atoms with Crippen LogP contribution in [0, 0.1) is 0 Å². The lowest BCUT2D eigenvalue weighted by Crippen LogP contribution is -2.33. The summed E-state index contributed by atoms with van der Waals surface area (Å²) in [7, 11) is 0. The standard InChI is InChI=1S/C15H17N3O3S/c1-2-12-10-22-14(17-12)18-13(19)8-16-15(20)21-9-11-6-4-3-5-7-11/h3-7,10H,2,8-9H2,1H3,(H,16,20)(H,17,18,19). The predicted molar refractivity (Wildman–Crippen MR) is 84.8 cm³/mol. The number of alkyl carbamates (subject to hydrolysis) is 1. The summed E-state index contributed by atoms with van der Waals surface area (Å²) < 4.78 is 5.01. The Kier molecular flexibility index (Phi) is 5.91. The van der Waals surface area contributed by atoms with Crippen molar-refractivity contribution in [2.45, 2.75) is 20.0 Å². The van der Waals surface area contributed by atoms with Crippen molar-refractivity contribution in [1.82, 2.24) is 10.3 Å². The Balaban J connectivity index is 1.68. The van der Waals surface area contributed by atoms with Gasteiger partial charge in [0, 0.05) is 5.38 Å². The molecule has 0 unspecified atom stereocenters. The highest BCUT2D eigenvalue weighted by Crippen LogP contribution is 2.15. The van der Waals surface area contributed by atoms with E-state index in [2.05, 4.69) is 15.6 Å². The monoisotopic (exact) mass is 319 g/mol. The molecule has 1 aromatic carbocycles. The Hall–Kier alpha value is -2.41. The molecule has 22 heavy (non-hydrogen) atoms. The summed E-state index contributed by atoms with van der Waals surface area (Å²) in [5.74, 6) is -0.339. The van der Waals surface area contributed by atoms with Gasteiger partial charge in [0.1, 0.15) is 13.2 Å². The molecule has 0 aliphatic heterocycles. The van der Waals surface area contributed by atoms with Gasteiger partial charge in [0.25, 0.3) is 0 Å². The van der Waals surface area contributed by atoms with Crippen LogP contribution in [0.1, 0.15) is 18.2 Å². The minimum absolute atomic E-state index is 0.158. The molecule has 0 atom stereocenters. The number of nitrogens with one attached hydrogen (secondary N) is 2. The Bertz CT molecular complexity index is 628. The average molecular weight is 319 g/mol. The maximum absolute atomic E-state index is 11.7. The second kappa shape index (κ2) is 8.14. The van der Waals surface area contributed by atoms with Crippen LogP contribution in [0.2, 0.25) is 0 Å². The van der Waals surface area contributed by atoms with Crippen LogP contribution in [-0.2, 0) is 22.6 Å². The van der Waals surface area contributed by atoms with Crippen molar-refractivity contribution in [3.8, 4) is 0 Å². The van der Waals surface area contributed by atoms with Crippen LogP contribution in [0.5, 0.6) is 0 Å². The van der Waals surface area contributed by atoms with Gasteiger partial charge in [-0.15, -0.1) is 11.3 Å². The van der Waals surface area contributed by atoms with Crippen LogP contribution >= 0.6 is 11.3 Å². The van der Waals surface area contributed by atoms with Gasteiger partial charge in [-0.05, 0) is 12.0 Å². The van der Waals surface area contributed by atoms with Crippen molar-refractivity contribution < 1.29 is 14.3 Å². The van der Waals surface area contributed by atoms with Gasteiger partial charge in [-0.2, -0.15) is 0 Å². The van der Waals surface area contributed by atoms with E-state index in [1.165, 1.54) is 11.3 Å². The van der Waals surface area contributed by atoms with Gasteiger partial charge >= 0.3 is 6.09 Å². The van der Waals surface area contributed by atoms with Gasteiger partial charge in [0.05, 0.1) is 5.69 Å². The lowest BCUT2D eigenvalue weighted by Gasteiger charge is -2.06. The van der Waals surface area contributed by atoms with Crippen LogP contribution in [-0.4, -0.2) is 23.5 Å². The minimum atomic E-state index is -0.632. The van der Waals surface area contributed by atoms with Crippen LogP contribution < -0.4 is 10.6 Å². The van der Waals surface area contributed by atoms with E-state index in [0.29, 0.717) is 5.13 Å². The largest absolute Gasteiger partial charge is 0.445 e. The zero-order valence-electron chi connectivity index (χ0n) is 12.2. The summed E-state index contributed by atoms with van der Waals surface area (Å²) >= 11 is 1.36. The quantitative estimate of drug-likeness (QED) is 0.857. The number of aryl methyl sites for hydroxylation is 1. The first kappa shape index (κ1) is 16.0. The van der Waals surface area contributed by atoms with Gasteiger partial charge in [-0.25, -0.2) is 9.78 Å². The number of nitrogens with zero attached hydrogens (tertiary/aromatic N) is 1. The number of amides is 2. The van der Waals surface area contributed by atoms with E-state index in [1.54, 1.807) is 0 Å². The highest BCUT2D eigenvalue weighted by Gasteiger charge is 2.09. The molecule has 1 aromatic heterocycles. The Morgan fingerprint density at radius 3 is 2.73 bits per heavy atom. The summed E-state index contributed by atoms with van der Waals surface area (Å²) in [4.78, 5) is 27.4. The third-order valence-corrected chi connectivity index (χ3v) is 3.57. The van der Waals surface area contributed by atoms with Crippen LogP contribution in [0.4, 0.5) is 9.93 Å². The van der Waals surface area contributed by atoms with E-state index in [9.17, 15) is 9.59 Å². The first-order valence-corrected chi connectivity index (χ1v) is 7.74. The fourth-order valence-corrected chi connectivity index (χ4v) is 2.43. The maximum atomic E-state index is 11.7. The normalized spacial score (nSPS) is 10.0. The zero-order chi connectivity index (χ0) is 15.8. The number of anilines is 1. The molecule has 116 valence electrons. The highest BCUT2D eigenvalue weighted by atomic mass is 32.1. The molecule has 0 aliphatic rings. The molecule has 0 aliphatic carbocycles. The SMILES string of the molecule is CCc1csc(NC(=O)CNC(=O)OCc2ccccc2)n1. The summed E-state index contributed by atoms with van der Waals surface area (Å²) in [5, 5.41) is 7.44. The fourth-order valence-electron chi connectivity index (χ4n) is 1.62. The molecule has 0 saturated heterocycles. The Morgan fingerprint density at radius 2 is 2.05 bits per heavy atom. The van der Waals surface area contributed by atoms with Gasteiger partial charge in [0.15, 0.2) is 5.13 Å². The molecule has 2 rings (SSSR count). The van der Waals surface area contributed by atoms with Crippen molar-refractivity contribution in [3.05, 3.63) is 47.0 Å². The minimum Gasteiger partial charge on any atom is -0.445 e. The fraction of sp³-hybridized carbons (Fsp3) is 0.267. The Morgan fingerprint density at radius 1 is 1.27 bits per heavy atom. The molecule has 0 saturated carbocycles. The third-order valence-electron chi connectivity index (χ3n) is 2.77. The number of carbonyl (C=O) groups excluding carboxylic acids is 2. The van der Waals surface area contributed by atoms with Crippen LogP contribution in [0.15, 0.2) is 35.7 Å². The molecule has 1 heterocycles. The molecule has 0 radical (unpaired) electrons. The van der Waals surface area contributed by atoms with Crippen LogP contribution in [0.3, 0.4) is 0 Å². The second-order valence-corrected chi connectivity index (χ2v) is 5.32. The number of aromatic nitrogens is 1. The van der Waals surface area contributed by atoms with Crippen molar-refractivity contribution in [3.63, 3.8) is 0 Å². The van der Waals surface area contributed by atoms with E-state index >= 15 is 0 Å². The smallest absolute Gasteiger partial charge is 0.407 e.